The van der Waals surface area contributed by atoms with Crippen LogP contribution in [0, 0.1) is 0 Å². The van der Waals surface area contributed by atoms with Gasteiger partial charge in [0, 0.05) is 19.0 Å². The third kappa shape index (κ3) is 5.67. The van der Waals surface area contributed by atoms with Crippen molar-refractivity contribution in [2.24, 2.45) is 0 Å². The summed E-state index contributed by atoms with van der Waals surface area (Å²) >= 11 is 0. The Bertz CT molecular complexity index is 468. The highest BCUT2D eigenvalue weighted by Gasteiger charge is 2.05. The molecular formula is C13H16N2O4. The van der Waals surface area contributed by atoms with Gasteiger partial charge in [0.25, 0.3) is 0 Å². The van der Waals surface area contributed by atoms with Crippen molar-refractivity contribution >= 4 is 23.5 Å². The van der Waals surface area contributed by atoms with Crippen LogP contribution in [0.2, 0.25) is 0 Å². The van der Waals surface area contributed by atoms with E-state index < -0.39 is 5.97 Å². The van der Waals surface area contributed by atoms with E-state index in [0.29, 0.717) is 17.9 Å². The summed E-state index contributed by atoms with van der Waals surface area (Å²) in [6, 6.07) is 6.36. The molecule has 6 nitrogen and oxygen atoms in total. The third-order valence-corrected chi connectivity index (χ3v) is 2.17. The fourth-order valence-corrected chi connectivity index (χ4v) is 1.28. The number of ether oxygens (including phenoxy) is 1. The van der Waals surface area contributed by atoms with Crippen LogP contribution in [0.15, 0.2) is 24.3 Å². The molecule has 0 saturated heterocycles. The lowest BCUT2D eigenvalue weighted by Crippen LogP contribution is -2.32. The molecule has 0 fully saturated rings. The number of carbonyl (C=O) groups is 3. The molecule has 0 spiro atoms. The predicted molar refractivity (Wildman–Crippen MR) is 69.7 cm³/mol. The number of hydrogen-bond acceptors (Lipinski definition) is 4. The van der Waals surface area contributed by atoms with Crippen LogP contribution in [-0.2, 0) is 14.4 Å². The smallest absolute Gasteiger partial charge is 0.308 e. The monoisotopic (exact) mass is 264 g/mol. The summed E-state index contributed by atoms with van der Waals surface area (Å²) in [5.74, 6) is -0.494. The average molecular weight is 264 g/mol. The Morgan fingerprint density at radius 1 is 1.11 bits per heavy atom. The Hall–Kier alpha value is -2.37. The van der Waals surface area contributed by atoms with E-state index in [0.717, 1.165) is 0 Å². The summed E-state index contributed by atoms with van der Waals surface area (Å²) in [6.07, 6.45) is 0.338. The maximum atomic E-state index is 11.5. The van der Waals surface area contributed by atoms with Crippen molar-refractivity contribution in [1.29, 1.82) is 0 Å². The van der Waals surface area contributed by atoms with E-state index >= 15 is 0 Å². The largest absolute Gasteiger partial charge is 0.427 e. The maximum absolute atomic E-state index is 11.5. The van der Waals surface area contributed by atoms with Crippen molar-refractivity contribution in [2.75, 3.05) is 11.9 Å². The van der Waals surface area contributed by atoms with Gasteiger partial charge in [-0.1, -0.05) is 6.92 Å². The van der Waals surface area contributed by atoms with Gasteiger partial charge in [0.1, 0.15) is 5.75 Å². The first-order valence-corrected chi connectivity index (χ1v) is 5.86. The number of hydrogen-bond donors (Lipinski definition) is 2. The molecule has 1 aromatic carbocycles. The van der Waals surface area contributed by atoms with E-state index in [9.17, 15) is 14.4 Å². The molecule has 1 rings (SSSR count). The molecule has 0 aliphatic rings. The zero-order chi connectivity index (χ0) is 14.3. The lowest BCUT2D eigenvalue weighted by atomic mass is 10.3. The van der Waals surface area contributed by atoms with Crippen LogP contribution < -0.4 is 15.4 Å². The lowest BCUT2D eigenvalue weighted by molar-refractivity contribution is -0.131. The molecule has 0 aromatic heterocycles. The molecule has 6 heteroatoms. The standard InChI is InChI=1S/C13H16N2O4/c1-3-12(17)14-8-13(18)15-10-4-6-11(7-5-10)19-9(2)16/h4-7H,3,8H2,1-2H3,(H,14,17)(H,15,18). The van der Waals surface area contributed by atoms with Crippen molar-refractivity contribution in [3.8, 4) is 5.75 Å². The molecule has 0 aliphatic heterocycles. The zero-order valence-electron chi connectivity index (χ0n) is 10.9. The predicted octanol–water partition coefficient (Wildman–Crippen LogP) is 1.08. The van der Waals surface area contributed by atoms with Crippen LogP contribution in [0.4, 0.5) is 5.69 Å². The number of amides is 2. The quantitative estimate of drug-likeness (QED) is 0.615. The number of rotatable bonds is 5. The fourth-order valence-electron chi connectivity index (χ4n) is 1.28. The van der Waals surface area contributed by atoms with Crippen LogP contribution in [0.5, 0.6) is 5.75 Å². The minimum Gasteiger partial charge on any atom is -0.427 e. The second-order valence-electron chi connectivity index (χ2n) is 3.80. The molecule has 0 atom stereocenters. The van der Waals surface area contributed by atoms with E-state index in [1.165, 1.54) is 6.92 Å². The first-order valence-electron chi connectivity index (χ1n) is 5.86. The van der Waals surface area contributed by atoms with Crippen LogP contribution in [-0.4, -0.2) is 24.3 Å². The van der Waals surface area contributed by atoms with E-state index in [4.69, 9.17) is 4.74 Å². The molecule has 0 saturated carbocycles. The van der Waals surface area contributed by atoms with E-state index in [1.807, 2.05) is 0 Å². The molecule has 102 valence electrons. The highest BCUT2D eigenvalue weighted by Crippen LogP contribution is 2.15. The Kier molecular flexibility index (Phi) is 5.53. The Morgan fingerprint density at radius 3 is 2.26 bits per heavy atom. The Labute approximate surface area is 111 Å². The van der Waals surface area contributed by atoms with Crippen LogP contribution >= 0.6 is 0 Å². The van der Waals surface area contributed by atoms with E-state index in [1.54, 1.807) is 31.2 Å². The number of esters is 1. The van der Waals surface area contributed by atoms with Gasteiger partial charge in [-0.2, -0.15) is 0 Å². The molecule has 2 amide bonds. The number of carbonyl (C=O) groups excluding carboxylic acids is 3. The maximum Gasteiger partial charge on any atom is 0.308 e. The SMILES string of the molecule is CCC(=O)NCC(=O)Nc1ccc(OC(C)=O)cc1. The molecule has 0 radical (unpaired) electrons. The van der Waals surface area contributed by atoms with Gasteiger partial charge >= 0.3 is 5.97 Å². The van der Waals surface area contributed by atoms with Gasteiger partial charge in [0.2, 0.25) is 11.8 Å². The van der Waals surface area contributed by atoms with Crippen LogP contribution in [0.25, 0.3) is 0 Å². The molecule has 1 aromatic rings. The number of benzene rings is 1. The van der Waals surface area contributed by atoms with Crippen molar-refractivity contribution < 1.29 is 19.1 Å². The topological polar surface area (TPSA) is 84.5 Å². The van der Waals surface area contributed by atoms with Gasteiger partial charge in [0.05, 0.1) is 6.54 Å². The molecular weight excluding hydrogens is 248 g/mol. The van der Waals surface area contributed by atoms with Gasteiger partial charge in [-0.3, -0.25) is 14.4 Å². The highest BCUT2D eigenvalue weighted by atomic mass is 16.5. The molecule has 0 heterocycles. The van der Waals surface area contributed by atoms with Gasteiger partial charge in [0.15, 0.2) is 0 Å². The molecule has 0 unspecified atom stereocenters. The third-order valence-electron chi connectivity index (χ3n) is 2.17. The van der Waals surface area contributed by atoms with Gasteiger partial charge in [-0.25, -0.2) is 0 Å². The normalized spacial score (nSPS) is 9.58. The van der Waals surface area contributed by atoms with Crippen molar-refractivity contribution in [1.82, 2.24) is 5.32 Å². The average Bonchev–Trinajstić information content (AvgIpc) is 2.37. The first-order chi connectivity index (χ1) is 9.01. The lowest BCUT2D eigenvalue weighted by Gasteiger charge is -2.07. The summed E-state index contributed by atoms with van der Waals surface area (Å²) in [6.45, 7) is 2.95. The van der Waals surface area contributed by atoms with Gasteiger partial charge in [-0.15, -0.1) is 0 Å². The van der Waals surface area contributed by atoms with E-state index in [-0.39, 0.29) is 18.4 Å². The summed E-state index contributed by atoms with van der Waals surface area (Å²) in [5, 5.41) is 5.08. The molecule has 2 N–H and O–H groups in total. The zero-order valence-corrected chi connectivity index (χ0v) is 10.9. The molecule has 19 heavy (non-hydrogen) atoms. The fraction of sp³-hybridized carbons (Fsp3) is 0.308. The molecule has 0 bridgehead atoms. The Balaban J connectivity index is 2.46. The van der Waals surface area contributed by atoms with Crippen LogP contribution in [0.3, 0.4) is 0 Å². The van der Waals surface area contributed by atoms with Gasteiger partial charge < -0.3 is 15.4 Å². The van der Waals surface area contributed by atoms with Crippen molar-refractivity contribution in [3.63, 3.8) is 0 Å². The second-order valence-corrected chi connectivity index (χ2v) is 3.80. The Morgan fingerprint density at radius 2 is 1.74 bits per heavy atom. The first kappa shape index (κ1) is 14.7. The molecule has 0 aliphatic carbocycles. The van der Waals surface area contributed by atoms with Crippen molar-refractivity contribution in [2.45, 2.75) is 20.3 Å². The number of anilines is 1. The van der Waals surface area contributed by atoms with Crippen molar-refractivity contribution in [3.05, 3.63) is 24.3 Å². The summed E-state index contributed by atoms with van der Waals surface area (Å²) in [7, 11) is 0. The summed E-state index contributed by atoms with van der Waals surface area (Å²) in [4.78, 5) is 33.2. The second kappa shape index (κ2) is 7.15. The summed E-state index contributed by atoms with van der Waals surface area (Å²) < 4.78 is 4.86. The minimum atomic E-state index is -0.404. The summed E-state index contributed by atoms with van der Waals surface area (Å²) in [5.41, 5.74) is 0.562. The number of nitrogens with one attached hydrogen (secondary N) is 2. The van der Waals surface area contributed by atoms with Gasteiger partial charge in [-0.05, 0) is 24.3 Å². The van der Waals surface area contributed by atoms with Crippen LogP contribution in [0.1, 0.15) is 20.3 Å². The van der Waals surface area contributed by atoms with E-state index in [2.05, 4.69) is 10.6 Å². The highest BCUT2D eigenvalue weighted by molar-refractivity contribution is 5.94. The minimum absolute atomic E-state index is 0.0711.